The zero-order valence-electron chi connectivity index (χ0n) is 23.6. The van der Waals surface area contributed by atoms with E-state index >= 15 is 0 Å². The van der Waals surface area contributed by atoms with Crippen molar-refractivity contribution in [2.24, 2.45) is 0 Å². The molecule has 2 N–H and O–H groups in total. The van der Waals surface area contributed by atoms with Gasteiger partial charge < -0.3 is 24.6 Å². The molecule has 0 aliphatic carbocycles. The van der Waals surface area contributed by atoms with Crippen molar-refractivity contribution in [2.75, 3.05) is 49.6 Å². The number of likely N-dealkylation sites (tertiary alicyclic amines) is 1. The molecule has 0 spiro atoms. The summed E-state index contributed by atoms with van der Waals surface area (Å²) in [5, 5.41) is 13.0. The van der Waals surface area contributed by atoms with Crippen LogP contribution in [0.15, 0.2) is 60.8 Å². The van der Waals surface area contributed by atoms with Crippen molar-refractivity contribution in [3.8, 4) is 11.5 Å². The Balaban J connectivity index is 1.32. The standard InChI is InChI=1S/C31H37N5O5/c1-22-6-5-7-23(2)29(22)41-31(38)36-14-3-4-18-39-21-24-20-25(33-30-32-13-10-28(36)34-30)8-9-27(24)40-19-17-35-15-11-26(37)12-16-35/h3-10,13,20,26,37H,11-12,14-19,21H2,1-2H3,(H,32,33,34)/b4-3-. The number of ether oxygens (including phenoxy) is 3. The summed E-state index contributed by atoms with van der Waals surface area (Å²) < 4.78 is 17.9. The molecule has 3 heterocycles. The van der Waals surface area contributed by atoms with Crippen molar-refractivity contribution in [1.29, 1.82) is 0 Å². The number of para-hydroxylation sites is 1. The van der Waals surface area contributed by atoms with Crippen molar-refractivity contribution in [3.63, 3.8) is 0 Å². The number of piperidine rings is 1. The second-order valence-corrected chi connectivity index (χ2v) is 10.3. The smallest absolute Gasteiger partial charge is 0.421 e. The minimum atomic E-state index is -0.533. The van der Waals surface area contributed by atoms with Crippen LogP contribution < -0.4 is 19.7 Å². The zero-order valence-corrected chi connectivity index (χ0v) is 23.6. The summed E-state index contributed by atoms with van der Waals surface area (Å²) in [5.74, 6) is 2.06. The van der Waals surface area contributed by atoms with Crippen LogP contribution in [0.4, 0.5) is 22.2 Å². The molecular weight excluding hydrogens is 522 g/mol. The van der Waals surface area contributed by atoms with E-state index in [0.29, 0.717) is 37.3 Å². The van der Waals surface area contributed by atoms with Crippen LogP contribution in [-0.4, -0.2) is 71.6 Å². The van der Waals surface area contributed by atoms with Gasteiger partial charge in [-0.1, -0.05) is 30.4 Å². The van der Waals surface area contributed by atoms with Crippen LogP contribution in [-0.2, 0) is 11.3 Å². The summed E-state index contributed by atoms with van der Waals surface area (Å²) in [6.07, 6.45) is 6.24. The van der Waals surface area contributed by atoms with Gasteiger partial charge in [-0.05, 0) is 62.1 Å². The van der Waals surface area contributed by atoms with Gasteiger partial charge in [0, 0.05) is 43.6 Å². The van der Waals surface area contributed by atoms with E-state index in [1.807, 2.05) is 62.4 Å². The maximum absolute atomic E-state index is 13.3. The first kappa shape index (κ1) is 28.5. The fourth-order valence-corrected chi connectivity index (χ4v) is 4.88. The molecule has 2 aliphatic heterocycles. The summed E-state index contributed by atoms with van der Waals surface area (Å²) >= 11 is 0. The average Bonchev–Trinajstić information content (AvgIpc) is 2.96. The number of aliphatic hydroxyl groups excluding tert-OH is 1. The molecule has 2 aromatic carbocycles. The Morgan fingerprint density at radius 1 is 1.12 bits per heavy atom. The lowest BCUT2D eigenvalue weighted by Gasteiger charge is -2.29. The maximum atomic E-state index is 13.3. The predicted octanol–water partition coefficient (Wildman–Crippen LogP) is 4.76. The summed E-state index contributed by atoms with van der Waals surface area (Å²) in [6.45, 7) is 7.91. The number of aliphatic hydroxyl groups is 1. The minimum Gasteiger partial charge on any atom is -0.492 e. The highest BCUT2D eigenvalue weighted by Crippen LogP contribution is 2.27. The molecule has 0 saturated carbocycles. The van der Waals surface area contributed by atoms with Gasteiger partial charge in [-0.3, -0.25) is 9.80 Å². The van der Waals surface area contributed by atoms with Crippen molar-refractivity contribution in [1.82, 2.24) is 14.9 Å². The molecule has 5 rings (SSSR count). The Kier molecular flexibility index (Phi) is 9.45. The summed E-state index contributed by atoms with van der Waals surface area (Å²) in [5.41, 5.74) is 3.44. The molecule has 2 aliphatic rings. The van der Waals surface area contributed by atoms with Gasteiger partial charge in [0.25, 0.3) is 0 Å². The van der Waals surface area contributed by atoms with Crippen LogP contribution >= 0.6 is 0 Å². The summed E-state index contributed by atoms with van der Waals surface area (Å²) in [4.78, 5) is 26.1. The van der Waals surface area contributed by atoms with Gasteiger partial charge in [0.15, 0.2) is 0 Å². The van der Waals surface area contributed by atoms with Crippen molar-refractivity contribution in [3.05, 3.63) is 77.5 Å². The SMILES string of the molecule is Cc1cccc(C)c1OC(=O)N1C/C=C\COCc2cc(ccc2OCCN2CCC(O)CC2)Nc2nccc1n2. The number of nitrogens with zero attached hydrogens (tertiary/aromatic N) is 4. The fraction of sp³-hybridized carbons (Fsp3) is 0.387. The van der Waals surface area contributed by atoms with Gasteiger partial charge in [0.05, 0.1) is 19.3 Å². The highest BCUT2D eigenvalue weighted by Gasteiger charge is 2.21. The molecule has 0 unspecified atom stereocenters. The van der Waals surface area contributed by atoms with Gasteiger partial charge in [-0.15, -0.1) is 0 Å². The van der Waals surface area contributed by atoms with Crippen molar-refractivity contribution in [2.45, 2.75) is 39.4 Å². The Hall–Kier alpha value is -3.99. The van der Waals surface area contributed by atoms with Crippen LogP contribution in [0.5, 0.6) is 11.5 Å². The molecule has 3 aromatic rings. The van der Waals surface area contributed by atoms with Crippen LogP contribution in [0.1, 0.15) is 29.5 Å². The second-order valence-electron chi connectivity index (χ2n) is 10.3. The molecule has 216 valence electrons. The number of aromatic nitrogens is 2. The number of rotatable bonds is 5. The van der Waals surface area contributed by atoms with Gasteiger partial charge in [0.1, 0.15) is 23.9 Å². The number of amides is 1. The Labute approximate surface area is 240 Å². The third-order valence-corrected chi connectivity index (χ3v) is 7.20. The highest BCUT2D eigenvalue weighted by molar-refractivity contribution is 5.88. The largest absolute Gasteiger partial charge is 0.492 e. The lowest BCUT2D eigenvalue weighted by atomic mass is 10.1. The first-order chi connectivity index (χ1) is 20.0. The van der Waals surface area contributed by atoms with Crippen LogP contribution in [0, 0.1) is 13.8 Å². The summed E-state index contributed by atoms with van der Waals surface area (Å²) in [7, 11) is 0. The summed E-state index contributed by atoms with van der Waals surface area (Å²) in [6, 6.07) is 13.2. The number of carbonyl (C=O) groups is 1. The molecule has 1 fully saturated rings. The van der Waals surface area contributed by atoms with Crippen molar-refractivity contribution >= 4 is 23.5 Å². The van der Waals surface area contributed by atoms with E-state index in [9.17, 15) is 9.90 Å². The molecule has 1 saturated heterocycles. The molecular formula is C31H37N5O5. The van der Waals surface area contributed by atoms with E-state index in [-0.39, 0.29) is 12.6 Å². The Bertz CT molecular complexity index is 1350. The van der Waals surface area contributed by atoms with Crippen LogP contribution in [0.2, 0.25) is 0 Å². The van der Waals surface area contributed by atoms with Gasteiger partial charge in [-0.25, -0.2) is 9.78 Å². The number of hydrogen-bond donors (Lipinski definition) is 2. The number of carbonyl (C=O) groups excluding carboxylic acids is 1. The topological polar surface area (TPSA) is 109 Å². The number of anilines is 3. The molecule has 10 heteroatoms. The van der Waals surface area contributed by atoms with Crippen LogP contribution in [0.3, 0.4) is 0 Å². The maximum Gasteiger partial charge on any atom is 0.421 e. The number of fused-ring (bicyclic) bond motifs is 4. The van der Waals surface area contributed by atoms with Gasteiger partial charge in [-0.2, -0.15) is 4.98 Å². The monoisotopic (exact) mass is 559 g/mol. The van der Waals surface area contributed by atoms with E-state index in [1.165, 1.54) is 4.90 Å². The molecule has 0 radical (unpaired) electrons. The molecule has 41 heavy (non-hydrogen) atoms. The molecule has 0 atom stereocenters. The Morgan fingerprint density at radius 3 is 2.73 bits per heavy atom. The van der Waals surface area contributed by atoms with E-state index in [0.717, 1.165) is 60.6 Å². The molecule has 10 nitrogen and oxygen atoms in total. The molecule has 1 aromatic heterocycles. The lowest BCUT2D eigenvalue weighted by Crippen LogP contribution is -2.38. The molecule has 4 bridgehead atoms. The zero-order chi connectivity index (χ0) is 28.6. The highest BCUT2D eigenvalue weighted by atomic mass is 16.6. The first-order valence-electron chi connectivity index (χ1n) is 14.0. The fourth-order valence-electron chi connectivity index (χ4n) is 4.88. The second kappa shape index (κ2) is 13.6. The first-order valence-corrected chi connectivity index (χ1v) is 14.0. The molecule has 1 amide bonds. The quantitative estimate of drug-likeness (QED) is 0.428. The third-order valence-electron chi connectivity index (χ3n) is 7.20. The predicted molar refractivity (Wildman–Crippen MR) is 157 cm³/mol. The van der Waals surface area contributed by atoms with Crippen LogP contribution in [0.25, 0.3) is 0 Å². The van der Waals surface area contributed by atoms with E-state index in [1.54, 1.807) is 12.3 Å². The number of nitrogens with one attached hydrogen (secondary N) is 1. The number of aryl methyl sites for hydroxylation is 2. The van der Waals surface area contributed by atoms with E-state index in [2.05, 4.69) is 20.2 Å². The normalized spacial score (nSPS) is 17.3. The Morgan fingerprint density at radius 2 is 1.93 bits per heavy atom. The number of benzene rings is 2. The van der Waals surface area contributed by atoms with Gasteiger partial charge >= 0.3 is 6.09 Å². The minimum absolute atomic E-state index is 0.185. The lowest BCUT2D eigenvalue weighted by molar-refractivity contribution is 0.0750. The third kappa shape index (κ3) is 7.60. The van der Waals surface area contributed by atoms with Gasteiger partial charge in [0.2, 0.25) is 5.95 Å². The van der Waals surface area contributed by atoms with E-state index < -0.39 is 6.09 Å². The van der Waals surface area contributed by atoms with E-state index in [4.69, 9.17) is 14.2 Å². The number of hydrogen-bond acceptors (Lipinski definition) is 9. The van der Waals surface area contributed by atoms with Crippen molar-refractivity contribution < 1.29 is 24.1 Å². The average molecular weight is 560 g/mol.